The molecule has 0 saturated heterocycles. The molecule has 1 aromatic rings. The Morgan fingerprint density at radius 1 is 1.24 bits per heavy atom. The Balaban J connectivity index is 2.61. The van der Waals surface area contributed by atoms with Crippen LogP contribution in [0.2, 0.25) is 0 Å². The summed E-state index contributed by atoms with van der Waals surface area (Å²) in [6.07, 6.45) is 0.397. The summed E-state index contributed by atoms with van der Waals surface area (Å²) in [6.45, 7) is 5.68. The predicted octanol–water partition coefficient (Wildman–Crippen LogP) is 3.31. The molecular weight excluding hydrogens is 336 g/mol. The van der Waals surface area contributed by atoms with Crippen molar-refractivity contribution in [2.45, 2.75) is 39.3 Å². The molecule has 0 heterocycles. The number of benzene rings is 1. The normalized spacial score (nSPS) is 13.6. The summed E-state index contributed by atoms with van der Waals surface area (Å²) in [6, 6.07) is 6.03. The van der Waals surface area contributed by atoms with Crippen LogP contribution >= 0.6 is 15.9 Å². The number of hydrogen-bond donors (Lipinski definition) is 3. The van der Waals surface area contributed by atoms with Crippen LogP contribution in [0.5, 0.6) is 0 Å². The molecule has 1 aromatic carbocycles. The fourth-order valence-corrected chi connectivity index (χ4v) is 2.37. The number of carboxylic acids is 1. The SMILES string of the molecule is CC(C)C[C@@H](NC(=O)NC(C)c1cccc(Br)c1)C(=O)O. The monoisotopic (exact) mass is 356 g/mol. The molecule has 5 nitrogen and oxygen atoms in total. The first-order chi connectivity index (χ1) is 9.79. The lowest BCUT2D eigenvalue weighted by Crippen LogP contribution is -2.47. The fourth-order valence-electron chi connectivity index (χ4n) is 1.95. The van der Waals surface area contributed by atoms with Gasteiger partial charge in [0, 0.05) is 4.47 Å². The first-order valence-corrected chi connectivity index (χ1v) is 7.64. The van der Waals surface area contributed by atoms with Gasteiger partial charge >= 0.3 is 12.0 Å². The van der Waals surface area contributed by atoms with E-state index in [0.717, 1.165) is 10.0 Å². The van der Waals surface area contributed by atoms with Gasteiger partial charge in [0.1, 0.15) is 6.04 Å². The van der Waals surface area contributed by atoms with Crippen molar-refractivity contribution in [3.05, 3.63) is 34.3 Å². The van der Waals surface area contributed by atoms with Crippen LogP contribution in [0.15, 0.2) is 28.7 Å². The van der Waals surface area contributed by atoms with E-state index >= 15 is 0 Å². The number of carboxylic acid groups (broad SMARTS) is 1. The third-order valence-corrected chi connectivity index (χ3v) is 3.50. The Hall–Kier alpha value is -1.56. The minimum atomic E-state index is -1.02. The maximum atomic E-state index is 11.9. The summed E-state index contributed by atoms with van der Waals surface area (Å²) in [4.78, 5) is 23.0. The Morgan fingerprint density at radius 2 is 1.90 bits per heavy atom. The van der Waals surface area contributed by atoms with Crippen LogP contribution < -0.4 is 10.6 Å². The van der Waals surface area contributed by atoms with Gasteiger partial charge in [-0.1, -0.05) is 41.9 Å². The highest BCUT2D eigenvalue weighted by Gasteiger charge is 2.21. The summed E-state index contributed by atoms with van der Waals surface area (Å²) in [7, 11) is 0. The zero-order valence-electron chi connectivity index (χ0n) is 12.4. The van der Waals surface area contributed by atoms with E-state index < -0.39 is 18.0 Å². The maximum Gasteiger partial charge on any atom is 0.326 e. The minimum absolute atomic E-state index is 0.189. The van der Waals surface area contributed by atoms with Crippen LogP contribution in [0.3, 0.4) is 0 Å². The average Bonchev–Trinajstić information content (AvgIpc) is 2.37. The topological polar surface area (TPSA) is 78.4 Å². The zero-order chi connectivity index (χ0) is 16.0. The van der Waals surface area contributed by atoms with Crippen LogP contribution in [0.25, 0.3) is 0 Å². The molecule has 2 amide bonds. The molecule has 0 saturated carbocycles. The highest BCUT2D eigenvalue weighted by Crippen LogP contribution is 2.17. The molecule has 1 rings (SSSR count). The molecule has 1 unspecified atom stereocenters. The third kappa shape index (κ3) is 6.16. The lowest BCUT2D eigenvalue weighted by Gasteiger charge is -2.20. The molecule has 6 heteroatoms. The van der Waals surface area contributed by atoms with Crippen LogP contribution in [-0.4, -0.2) is 23.1 Å². The fraction of sp³-hybridized carbons (Fsp3) is 0.467. The summed E-state index contributed by atoms with van der Waals surface area (Å²) < 4.78 is 0.928. The van der Waals surface area contributed by atoms with Gasteiger partial charge in [-0.2, -0.15) is 0 Å². The molecule has 21 heavy (non-hydrogen) atoms. The second-order valence-corrected chi connectivity index (χ2v) is 6.33. The largest absolute Gasteiger partial charge is 0.480 e. The number of nitrogens with one attached hydrogen (secondary N) is 2. The molecule has 0 fully saturated rings. The molecule has 0 aromatic heterocycles. The first kappa shape index (κ1) is 17.5. The van der Waals surface area contributed by atoms with Gasteiger partial charge in [0.05, 0.1) is 6.04 Å². The van der Waals surface area contributed by atoms with E-state index in [1.807, 2.05) is 45.0 Å². The smallest absolute Gasteiger partial charge is 0.326 e. The summed E-state index contributed by atoms with van der Waals surface area (Å²) >= 11 is 3.38. The quantitative estimate of drug-likeness (QED) is 0.731. The molecule has 0 aliphatic carbocycles. The van der Waals surface area contributed by atoms with Crippen molar-refractivity contribution in [3.8, 4) is 0 Å². The number of amides is 2. The Kier molecular flexibility index (Phi) is 6.68. The molecule has 0 radical (unpaired) electrons. The van der Waals surface area contributed by atoms with Crippen molar-refractivity contribution < 1.29 is 14.7 Å². The number of carbonyl (C=O) groups is 2. The van der Waals surface area contributed by atoms with E-state index in [1.165, 1.54) is 0 Å². The molecule has 0 aliphatic rings. The molecular formula is C15H21BrN2O3. The second-order valence-electron chi connectivity index (χ2n) is 5.41. The van der Waals surface area contributed by atoms with Gasteiger partial charge < -0.3 is 15.7 Å². The molecule has 0 bridgehead atoms. The Labute approximate surface area is 133 Å². The van der Waals surface area contributed by atoms with E-state index in [2.05, 4.69) is 26.6 Å². The van der Waals surface area contributed by atoms with Crippen LogP contribution in [-0.2, 0) is 4.79 Å². The molecule has 0 spiro atoms. The number of hydrogen-bond acceptors (Lipinski definition) is 2. The molecule has 3 N–H and O–H groups in total. The van der Waals surface area contributed by atoms with Gasteiger partial charge in [-0.15, -0.1) is 0 Å². The van der Waals surface area contributed by atoms with Crippen molar-refractivity contribution in [1.82, 2.24) is 10.6 Å². The summed E-state index contributed by atoms with van der Waals surface area (Å²) in [5.74, 6) is -0.831. The summed E-state index contributed by atoms with van der Waals surface area (Å²) in [5, 5.41) is 14.4. The minimum Gasteiger partial charge on any atom is -0.480 e. The van der Waals surface area contributed by atoms with E-state index in [4.69, 9.17) is 5.11 Å². The average molecular weight is 357 g/mol. The van der Waals surface area contributed by atoms with Gasteiger partial charge in [0.2, 0.25) is 0 Å². The highest BCUT2D eigenvalue weighted by molar-refractivity contribution is 9.10. The molecule has 0 aliphatic heterocycles. The van der Waals surface area contributed by atoms with Gasteiger partial charge in [-0.05, 0) is 37.0 Å². The first-order valence-electron chi connectivity index (χ1n) is 6.85. The predicted molar refractivity (Wildman–Crippen MR) is 85.1 cm³/mol. The van der Waals surface area contributed by atoms with Crippen molar-refractivity contribution in [2.75, 3.05) is 0 Å². The lowest BCUT2D eigenvalue weighted by molar-refractivity contribution is -0.139. The number of halogens is 1. The number of urea groups is 1. The number of aliphatic carboxylic acids is 1. The van der Waals surface area contributed by atoms with E-state index in [1.54, 1.807) is 0 Å². The van der Waals surface area contributed by atoms with E-state index in [9.17, 15) is 9.59 Å². The van der Waals surface area contributed by atoms with Gasteiger partial charge in [-0.25, -0.2) is 9.59 Å². The van der Waals surface area contributed by atoms with Crippen molar-refractivity contribution in [3.63, 3.8) is 0 Å². The van der Waals surface area contributed by atoms with Crippen molar-refractivity contribution in [1.29, 1.82) is 0 Å². The van der Waals surface area contributed by atoms with Crippen molar-refractivity contribution in [2.24, 2.45) is 5.92 Å². The van der Waals surface area contributed by atoms with Gasteiger partial charge in [0.15, 0.2) is 0 Å². The zero-order valence-corrected chi connectivity index (χ0v) is 14.0. The molecule has 2 atom stereocenters. The van der Waals surface area contributed by atoms with E-state index in [0.29, 0.717) is 6.42 Å². The van der Waals surface area contributed by atoms with Crippen LogP contribution in [0.4, 0.5) is 4.79 Å². The second kappa shape index (κ2) is 8.02. The Morgan fingerprint density at radius 3 is 2.43 bits per heavy atom. The standard InChI is InChI=1S/C15H21BrN2O3/c1-9(2)7-13(14(19)20)18-15(21)17-10(3)11-5-4-6-12(16)8-11/h4-6,8-10,13H,7H2,1-3H3,(H,19,20)(H2,17,18,21)/t10?,13-/m1/s1. The maximum absolute atomic E-state index is 11.9. The van der Waals surface area contributed by atoms with E-state index in [-0.39, 0.29) is 12.0 Å². The van der Waals surface area contributed by atoms with Crippen molar-refractivity contribution >= 4 is 27.9 Å². The highest BCUT2D eigenvalue weighted by atomic mass is 79.9. The summed E-state index contributed by atoms with van der Waals surface area (Å²) in [5.41, 5.74) is 0.940. The van der Waals surface area contributed by atoms with Gasteiger partial charge in [-0.3, -0.25) is 0 Å². The van der Waals surface area contributed by atoms with Gasteiger partial charge in [0.25, 0.3) is 0 Å². The lowest BCUT2D eigenvalue weighted by atomic mass is 10.0. The Bertz CT molecular complexity index is 505. The van der Waals surface area contributed by atoms with Crippen LogP contribution in [0, 0.1) is 5.92 Å². The molecule has 116 valence electrons. The van der Waals surface area contributed by atoms with Crippen LogP contribution in [0.1, 0.15) is 38.8 Å². The number of rotatable bonds is 6. The third-order valence-electron chi connectivity index (χ3n) is 3.01. The number of carbonyl (C=O) groups excluding carboxylic acids is 1.